The lowest BCUT2D eigenvalue weighted by atomic mass is 9.98. The first kappa shape index (κ1) is 12.7. The van der Waals surface area contributed by atoms with Gasteiger partial charge < -0.3 is 10.3 Å². The van der Waals surface area contributed by atoms with Crippen molar-refractivity contribution in [1.29, 1.82) is 0 Å². The van der Waals surface area contributed by atoms with Crippen LogP contribution in [0.3, 0.4) is 0 Å². The minimum absolute atomic E-state index is 0.118. The minimum Gasteiger partial charge on any atom is -0.354 e. The molecule has 1 fully saturated rings. The number of aromatic nitrogens is 2. The van der Waals surface area contributed by atoms with E-state index in [4.69, 9.17) is 0 Å². The van der Waals surface area contributed by atoms with E-state index < -0.39 is 0 Å². The number of amides is 1. The zero-order chi connectivity index (χ0) is 13.2. The molecule has 1 aliphatic carbocycles. The zero-order valence-corrected chi connectivity index (χ0v) is 11.4. The first-order valence-electron chi connectivity index (χ1n) is 7.26. The third-order valence-electron chi connectivity index (χ3n) is 4.62. The molecule has 3 rings (SSSR count). The Morgan fingerprint density at radius 3 is 3.21 bits per heavy atom. The number of aromatic amines is 1. The first-order valence-corrected chi connectivity index (χ1v) is 7.26. The second kappa shape index (κ2) is 5.33. The maximum Gasteiger partial charge on any atom is 0.237 e. The van der Waals surface area contributed by atoms with Crippen molar-refractivity contribution in [2.75, 3.05) is 6.54 Å². The summed E-state index contributed by atoms with van der Waals surface area (Å²) in [5.74, 6) is 1.53. The van der Waals surface area contributed by atoms with Gasteiger partial charge in [0.05, 0.1) is 23.8 Å². The highest BCUT2D eigenvalue weighted by atomic mass is 16.2. The summed E-state index contributed by atoms with van der Waals surface area (Å²) in [7, 11) is 0. The third kappa shape index (κ3) is 2.66. The Kier molecular flexibility index (Phi) is 3.55. The van der Waals surface area contributed by atoms with Crippen LogP contribution in [0, 0.1) is 11.8 Å². The van der Waals surface area contributed by atoms with E-state index in [1.807, 2.05) is 0 Å². The molecule has 1 aromatic rings. The highest BCUT2D eigenvalue weighted by molar-refractivity contribution is 5.82. The van der Waals surface area contributed by atoms with Gasteiger partial charge in [0.25, 0.3) is 0 Å². The van der Waals surface area contributed by atoms with Crippen LogP contribution >= 0.6 is 0 Å². The van der Waals surface area contributed by atoms with Crippen LogP contribution in [0.15, 0.2) is 6.33 Å². The SMILES string of the molecule is CC1CCCC1CNC(=O)C1Cc2nc[nH]c2CN1. The van der Waals surface area contributed by atoms with Gasteiger partial charge in [0, 0.05) is 19.5 Å². The molecule has 1 aliphatic heterocycles. The third-order valence-corrected chi connectivity index (χ3v) is 4.62. The normalized spacial score (nSPS) is 30.1. The second-order valence-corrected chi connectivity index (χ2v) is 5.88. The molecular formula is C14H22N4O. The van der Waals surface area contributed by atoms with Crippen LogP contribution in [-0.4, -0.2) is 28.5 Å². The highest BCUT2D eigenvalue weighted by Crippen LogP contribution is 2.30. The number of rotatable bonds is 3. The van der Waals surface area contributed by atoms with Crippen molar-refractivity contribution in [2.45, 2.75) is 45.2 Å². The molecule has 0 radical (unpaired) electrons. The lowest BCUT2D eigenvalue weighted by Crippen LogP contribution is -2.48. The molecule has 3 atom stereocenters. The van der Waals surface area contributed by atoms with E-state index in [9.17, 15) is 4.79 Å². The Balaban J connectivity index is 1.51. The molecule has 0 spiro atoms. The van der Waals surface area contributed by atoms with E-state index in [1.165, 1.54) is 19.3 Å². The van der Waals surface area contributed by atoms with Crippen molar-refractivity contribution in [3.63, 3.8) is 0 Å². The van der Waals surface area contributed by atoms with Gasteiger partial charge >= 0.3 is 0 Å². The van der Waals surface area contributed by atoms with Crippen molar-refractivity contribution in [3.05, 3.63) is 17.7 Å². The van der Waals surface area contributed by atoms with E-state index in [2.05, 4.69) is 27.5 Å². The molecule has 2 aliphatic rings. The number of imidazole rings is 1. The molecule has 5 heteroatoms. The van der Waals surface area contributed by atoms with Crippen molar-refractivity contribution in [1.82, 2.24) is 20.6 Å². The molecule has 0 aromatic carbocycles. The Bertz CT molecular complexity index is 456. The maximum atomic E-state index is 12.2. The van der Waals surface area contributed by atoms with Crippen molar-refractivity contribution in [3.8, 4) is 0 Å². The van der Waals surface area contributed by atoms with E-state index in [0.717, 1.165) is 23.9 Å². The highest BCUT2D eigenvalue weighted by Gasteiger charge is 2.28. The molecule has 2 heterocycles. The number of carbonyl (C=O) groups is 1. The molecular weight excluding hydrogens is 240 g/mol. The first-order chi connectivity index (χ1) is 9.24. The van der Waals surface area contributed by atoms with E-state index in [-0.39, 0.29) is 11.9 Å². The van der Waals surface area contributed by atoms with Crippen LogP contribution in [0.2, 0.25) is 0 Å². The Labute approximate surface area is 113 Å². The molecule has 0 bridgehead atoms. The number of nitrogens with zero attached hydrogens (tertiary/aromatic N) is 1. The van der Waals surface area contributed by atoms with Gasteiger partial charge in [0.15, 0.2) is 0 Å². The lowest BCUT2D eigenvalue weighted by Gasteiger charge is -2.23. The van der Waals surface area contributed by atoms with Gasteiger partial charge in [0.1, 0.15) is 0 Å². The summed E-state index contributed by atoms with van der Waals surface area (Å²) >= 11 is 0. The predicted molar refractivity (Wildman–Crippen MR) is 72.4 cm³/mol. The topological polar surface area (TPSA) is 69.8 Å². The summed E-state index contributed by atoms with van der Waals surface area (Å²) in [5, 5.41) is 6.37. The summed E-state index contributed by atoms with van der Waals surface area (Å²) in [6.45, 7) is 3.82. The Hall–Kier alpha value is -1.36. The van der Waals surface area contributed by atoms with E-state index in [1.54, 1.807) is 6.33 Å². The number of carbonyl (C=O) groups excluding carboxylic acids is 1. The predicted octanol–water partition coefficient (Wildman–Crippen LogP) is 0.976. The van der Waals surface area contributed by atoms with Crippen LogP contribution in [0.4, 0.5) is 0 Å². The standard InChI is InChI=1S/C14H22N4O/c1-9-3-2-4-10(9)6-16-14(19)12-5-11-13(7-15-12)18-8-17-11/h8-10,12,15H,2-7H2,1H3,(H,16,19)(H,17,18). The Morgan fingerprint density at radius 2 is 2.42 bits per heavy atom. The molecule has 1 saturated carbocycles. The van der Waals surface area contributed by atoms with E-state index in [0.29, 0.717) is 18.9 Å². The number of H-pyrrole nitrogens is 1. The maximum absolute atomic E-state index is 12.2. The molecule has 1 aromatic heterocycles. The fourth-order valence-electron chi connectivity index (χ4n) is 3.23. The summed E-state index contributed by atoms with van der Waals surface area (Å²) < 4.78 is 0. The second-order valence-electron chi connectivity index (χ2n) is 5.88. The fraction of sp³-hybridized carbons (Fsp3) is 0.714. The number of fused-ring (bicyclic) bond motifs is 1. The van der Waals surface area contributed by atoms with Crippen molar-refractivity contribution in [2.24, 2.45) is 11.8 Å². The summed E-state index contributed by atoms with van der Waals surface area (Å²) in [6, 6.07) is -0.132. The van der Waals surface area contributed by atoms with Gasteiger partial charge in [-0.05, 0) is 18.3 Å². The van der Waals surface area contributed by atoms with Crippen LogP contribution < -0.4 is 10.6 Å². The molecule has 0 saturated heterocycles. The molecule has 3 N–H and O–H groups in total. The van der Waals surface area contributed by atoms with Crippen molar-refractivity contribution >= 4 is 5.91 Å². The zero-order valence-electron chi connectivity index (χ0n) is 11.4. The average molecular weight is 262 g/mol. The largest absolute Gasteiger partial charge is 0.354 e. The van der Waals surface area contributed by atoms with E-state index >= 15 is 0 Å². The average Bonchev–Trinajstić information content (AvgIpc) is 3.03. The Morgan fingerprint density at radius 1 is 1.53 bits per heavy atom. The summed E-state index contributed by atoms with van der Waals surface area (Å²) in [5.41, 5.74) is 2.13. The van der Waals surface area contributed by atoms with Gasteiger partial charge in [0.2, 0.25) is 5.91 Å². The van der Waals surface area contributed by atoms with Crippen LogP contribution in [-0.2, 0) is 17.8 Å². The monoisotopic (exact) mass is 262 g/mol. The van der Waals surface area contributed by atoms with Gasteiger partial charge in [-0.15, -0.1) is 0 Å². The van der Waals surface area contributed by atoms with Gasteiger partial charge in [-0.2, -0.15) is 0 Å². The lowest BCUT2D eigenvalue weighted by molar-refractivity contribution is -0.123. The van der Waals surface area contributed by atoms with Crippen LogP contribution in [0.5, 0.6) is 0 Å². The number of hydrogen-bond acceptors (Lipinski definition) is 3. The molecule has 5 nitrogen and oxygen atoms in total. The smallest absolute Gasteiger partial charge is 0.237 e. The number of nitrogens with one attached hydrogen (secondary N) is 3. The number of hydrogen-bond donors (Lipinski definition) is 3. The minimum atomic E-state index is -0.132. The molecule has 3 unspecified atom stereocenters. The molecule has 104 valence electrons. The van der Waals surface area contributed by atoms with Crippen molar-refractivity contribution < 1.29 is 4.79 Å². The van der Waals surface area contributed by atoms with Crippen LogP contribution in [0.1, 0.15) is 37.6 Å². The quantitative estimate of drug-likeness (QED) is 0.760. The fourth-order valence-corrected chi connectivity index (χ4v) is 3.23. The van der Waals surface area contributed by atoms with Crippen LogP contribution in [0.25, 0.3) is 0 Å². The molecule has 19 heavy (non-hydrogen) atoms. The van der Waals surface area contributed by atoms with Gasteiger partial charge in [-0.25, -0.2) is 4.98 Å². The summed E-state index contributed by atoms with van der Waals surface area (Å²) in [4.78, 5) is 19.5. The van der Waals surface area contributed by atoms with Gasteiger partial charge in [-0.1, -0.05) is 19.8 Å². The summed E-state index contributed by atoms with van der Waals surface area (Å²) in [6.07, 6.45) is 6.25. The molecule has 1 amide bonds. The van der Waals surface area contributed by atoms with Gasteiger partial charge in [-0.3, -0.25) is 10.1 Å².